The summed E-state index contributed by atoms with van der Waals surface area (Å²) in [5, 5.41) is 22.8. The standard InChI is InChI=1S/C31H39N7O2/c32-16-25-15-26-18-34-31(36-29(26)38(30(25)40)27-3-1-2-4-27)35-28-10-9-24(17-33-28)23-11-13-37(14-12-23)19-21-5-7-22(20-39)8-6-21/h9-10,15,17-18,21-23,27,39H,1-8,11-14,19-20H2,(H,33,34,35,36). The predicted molar refractivity (Wildman–Crippen MR) is 154 cm³/mol. The Kier molecular flexibility index (Phi) is 8.08. The molecule has 2 saturated carbocycles. The highest BCUT2D eigenvalue weighted by Crippen LogP contribution is 2.33. The molecule has 0 atom stereocenters. The van der Waals surface area contributed by atoms with Crippen LogP contribution in [0, 0.1) is 23.2 Å². The maximum atomic E-state index is 13.0. The van der Waals surface area contributed by atoms with E-state index in [-0.39, 0.29) is 17.2 Å². The van der Waals surface area contributed by atoms with Crippen LogP contribution in [0.25, 0.3) is 11.0 Å². The average molecular weight is 542 g/mol. The van der Waals surface area contributed by atoms with E-state index in [9.17, 15) is 15.2 Å². The van der Waals surface area contributed by atoms with Crippen molar-refractivity contribution in [3.63, 3.8) is 0 Å². The lowest BCUT2D eigenvalue weighted by Crippen LogP contribution is -2.37. The summed E-state index contributed by atoms with van der Waals surface area (Å²) >= 11 is 0. The molecule has 210 valence electrons. The number of aliphatic hydroxyl groups excluding tert-OH is 1. The van der Waals surface area contributed by atoms with Crippen molar-refractivity contribution >= 4 is 22.8 Å². The molecule has 1 aliphatic heterocycles. The fourth-order valence-electron chi connectivity index (χ4n) is 7.01. The van der Waals surface area contributed by atoms with E-state index in [1.165, 1.54) is 37.8 Å². The van der Waals surface area contributed by atoms with Crippen molar-refractivity contribution in [2.24, 2.45) is 11.8 Å². The van der Waals surface area contributed by atoms with Gasteiger partial charge in [-0.1, -0.05) is 18.9 Å². The number of likely N-dealkylation sites (tertiary alicyclic amines) is 1. The summed E-state index contributed by atoms with van der Waals surface area (Å²) in [7, 11) is 0. The number of anilines is 2. The van der Waals surface area contributed by atoms with E-state index in [4.69, 9.17) is 4.98 Å². The summed E-state index contributed by atoms with van der Waals surface area (Å²) in [6, 6.07) is 7.83. The van der Waals surface area contributed by atoms with Crippen molar-refractivity contribution in [2.75, 3.05) is 31.6 Å². The number of pyridine rings is 2. The molecule has 0 spiro atoms. The van der Waals surface area contributed by atoms with Crippen LogP contribution in [0.1, 0.15) is 87.3 Å². The Bertz CT molecular complexity index is 1410. The predicted octanol–water partition coefficient (Wildman–Crippen LogP) is 4.89. The summed E-state index contributed by atoms with van der Waals surface area (Å²) in [5.41, 5.74) is 1.71. The minimum absolute atomic E-state index is 0.0659. The van der Waals surface area contributed by atoms with Crippen LogP contribution in [0.2, 0.25) is 0 Å². The number of hydrogen-bond acceptors (Lipinski definition) is 8. The van der Waals surface area contributed by atoms with Gasteiger partial charge in [0.2, 0.25) is 5.95 Å². The van der Waals surface area contributed by atoms with E-state index >= 15 is 0 Å². The quantitative estimate of drug-likeness (QED) is 0.434. The topological polar surface area (TPSA) is 120 Å². The third kappa shape index (κ3) is 5.74. The smallest absolute Gasteiger partial charge is 0.270 e. The molecule has 9 nitrogen and oxygen atoms in total. The van der Waals surface area contributed by atoms with Crippen LogP contribution in [0.15, 0.2) is 35.4 Å². The van der Waals surface area contributed by atoms with Crippen LogP contribution in [-0.2, 0) is 0 Å². The Labute approximate surface area is 235 Å². The van der Waals surface area contributed by atoms with E-state index in [2.05, 4.69) is 26.3 Å². The number of nitrogens with zero attached hydrogens (tertiary/aromatic N) is 6. The number of aliphatic hydroxyl groups is 1. The summed E-state index contributed by atoms with van der Waals surface area (Å²) in [4.78, 5) is 29.5. The lowest BCUT2D eigenvalue weighted by Gasteiger charge is -2.36. The lowest BCUT2D eigenvalue weighted by atomic mass is 9.81. The second-order valence-electron chi connectivity index (χ2n) is 12.0. The fourth-order valence-corrected chi connectivity index (χ4v) is 7.01. The minimum atomic E-state index is -0.269. The molecular weight excluding hydrogens is 502 g/mol. The summed E-state index contributed by atoms with van der Waals surface area (Å²) in [6.07, 6.45) is 14.8. The molecule has 6 rings (SSSR count). The van der Waals surface area contributed by atoms with Gasteiger partial charge >= 0.3 is 0 Å². The monoisotopic (exact) mass is 541 g/mol. The number of nitriles is 1. The van der Waals surface area contributed by atoms with Crippen LogP contribution >= 0.6 is 0 Å². The van der Waals surface area contributed by atoms with Crippen molar-refractivity contribution in [1.82, 2.24) is 24.4 Å². The molecule has 0 unspecified atom stereocenters. The summed E-state index contributed by atoms with van der Waals surface area (Å²) < 4.78 is 1.71. The molecule has 9 heteroatoms. The largest absolute Gasteiger partial charge is 0.396 e. The number of rotatable bonds is 7. The zero-order valence-corrected chi connectivity index (χ0v) is 23.1. The number of nitrogens with one attached hydrogen (secondary N) is 1. The Morgan fingerprint density at radius 1 is 0.975 bits per heavy atom. The first-order valence-corrected chi connectivity index (χ1v) is 15.0. The normalized spacial score (nSPS) is 22.9. The van der Waals surface area contributed by atoms with Gasteiger partial charge in [0.1, 0.15) is 23.1 Å². The second kappa shape index (κ2) is 12.0. The number of fused-ring (bicyclic) bond motifs is 1. The van der Waals surface area contributed by atoms with Crippen LogP contribution < -0.4 is 10.9 Å². The molecule has 2 aliphatic carbocycles. The first kappa shape index (κ1) is 26.9. The molecule has 0 radical (unpaired) electrons. The Balaban J connectivity index is 1.09. The van der Waals surface area contributed by atoms with Gasteiger partial charge in [0.05, 0.1) is 0 Å². The molecule has 1 saturated heterocycles. The Hall–Kier alpha value is -3.35. The number of aromatic nitrogens is 4. The third-order valence-electron chi connectivity index (χ3n) is 9.41. The number of piperidine rings is 1. The average Bonchev–Trinajstić information content (AvgIpc) is 3.53. The molecule has 2 N–H and O–H groups in total. The molecule has 3 aromatic heterocycles. The maximum Gasteiger partial charge on any atom is 0.270 e. The van der Waals surface area contributed by atoms with Crippen molar-refractivity contribution in [1.29, 1.82) is 5.26 Å². The van der Waals surface area contributed by atoms with Crippen LogP contribution in [0.4, 0.5) is 11.8 Å². The first-order valence-electron chi connectivity index (χ1n) is 15.0. The highest BCUT2D eigenvalue weighted by Gasteiger charge is 2.26. The highest BCUT2D eigenvalue weighted by atomic mass is 16.3. The van der Waals surface area contributed by atoms with Crippen LogP contribution in [-0.4, -0.2) is 55.8 Å². The van der Waals surface area contributed by atoms with Gasteiger partial charge in [-0.3, -0.25) is 9.36 Å². The van der Waals surface area contributed by atoms with E-state index in [0.717, 1.165) is 57.5 Å². The van der Waals surface area contributed by atoms with Crippen molar-refractivity contribution in [3.05, 3.63) is 52.1 Å². The van der Waals surface area contributed by atoms with Gasteiger partial charge in [0.15, 0.2) is 0 Å². The van der Waals surface area contributed by atoms with Gasteiger partial charge in [-0.2, -0.15) is 10.2 Å². The summed E-state index contributed by atoms with van der Waals surface area (Å²) in [5.74, 6) is 2.89. The van der Waals surface area contributed by atoms with Gasteiger partial charge in [-0.05, 0) is 99.9 Å². The molecule has 0 aromatic carbocycles. The SMILES string of the molecule is N#Cc1cc2cnc(Nc3ccc(C4CCN(CC5CCC(CO)CC5)CC4)cn3)nc2n(C2CCCC2)c1=O. The maximum absolute atomic E-state index is 13.0. The summed E-state index contributed by atoms with van der Waals surface area (Å²) in [6.45, 7) is 3.81. The lowest BCUT2D eigenvalue weighted by molar-refractivity contribution is 0.127. The molecule has 4 heterocycles. The van der Waals surface area contributed by atoms with E-state index in [1.54, 1.807) is 16.8 Å². The van der Waals surface area contributed by atoms with Gasteiger partial charge in [-0.15, -0.1) is 0 Å². The molecule has 40 heavy (non-hydrogen) atoms. The third-order valence-corrected chi connectivity index (χ3v) is 9.41. The second-order valence-corrected chi connectivity index (χ2v) is 12.0. The molecule has 0 bridgehead atoms. The minimum Gasteiger partial charge on any atom is -0.396 e. The van der Waals surface area contributed by atoms with Gasteiger partial charge in [0.25, 0.3) is 5.56 Å². The first-order chi connectivity index (χ1) is 19.6. The van der Waals surface area contributed by atoms with Gasteiger partial charge in [0, 0.05) is 37.0 Å². The van der Waals surface area contributed by atoms with Crippen molar-refractivity contribution in [2.45, 2.75) is 76.2 Å². The molecule has 3 aliphatic rings. The molecule has 3 fully saturated rings. The zero-order chi connectivity index (χ0) is 27.5. The van der Waals surface area contributed by atoms with E-state index in [1.807, 2.05) is 18.3 Å². The Morgan fingerprint density at radius 3 is 2.40 bits per heavy atom. The fraction of sp³-hybridized carbons (Fsp3) is 0.581. The Morgan fingerprint density at radius 2 is 1.73 bits per heavy atom. The van der Waals surface area contributed by atoms with Crippen molar-refractivity contribution in [3.8, 4) is 6.07 Å². The molecule has 3 aromatic rings. The highest BCUT2D eigenvalue weighted by molar-refractivity contribution is 5.77. The molecule has 0 amide bonds. The molecular formula is C31H39N7O2. The van der Waals surface area contributed by atoms with Crippen molar-refractivity contribution < 1.29 is 5.11 Å². The van der Waals surface area contributed by atoms with E-state index in [0.29, 0.717) is 41.2 Å². The van der Waals surface area contributed by atoms with Crippen LogP contribution in [0.3, 0.4) is 0 Å². The van der Waals surface area contributed by atoms with E-state index < -0.39 is 0 Å². The number of hydrogen-bond donors (Lipinski definition) is 2. The zero-order valence-electron chi connectivity index (χ0n) is 23.1. The van der Waals surface area contributed by atoms with Gasteiger partial charge < -0.3 is 15.3 Å². The van der Waals surface area contributed by atoms with Crippen LogP contribution in [0.5, 0.6) is 0 Å². The van der Waals surface area contributed by atoms with Gasteiger partial charge in [-0.25, -0.2) is 9.97 Å².